The topological polar surface area (TPSA) is 53.1 Å². The summed E-state index contributed by atoms with van der Waals surface area (Å²) in [5.41, 5.74) is 0. The molecule has 0 aromatic rings. The van der Waals surface area contributed by atoms with Gasteiger partial charge >= 0.3 is 0 Å². The van der Waals surface area contributed by atoms with E-state index >= 15 is 0 Å². The fourth-order valence-corrected chi connectivity index (χ4v) is 3.76. The fraction of sp³-hybridized carbons (Fsp3) is 0.882. The molecule has 0 N–H and O–H groups in total. The maximum Gasteiger partial charge on any atom is 0.223 e. The number of nitrogens with zero attached hydrogens (tertiary/aromatic N) is 3. The second-order valence-corrected chi connectivity index (χ2v) is 7.03. The molecule has 0 aromatic carbocycles. The largest absolute Gasteiger partial charge is 0.381 e. The normalized spacial score (nSPS) is 27.0. The number of hydrogen-bond donors (Lipinski definition) is 0. The van der Waals surface area contributed by atoms with Crippen LogP contribution in [-0.2, 0) is 14.3 Å². The molecule has 6 heteroatoms. The van der Waals surface area contributed by atoms with E-state index in [1.165, 1.54) is 0 Å². The van der Waals surface area contributed by atoms with Gasteiger partial charge < -0.3 is 19.4 Å². The van der Waals surface area contributed by atoms with E-state index in [1.54, 1.807) is 14.0 Å². The molecule has 2 rings (SSSR count). The van der Waals surface area contributed by atoms with Crippen molar-refractivity contribution < 1.29 is 14.3 Å². The summed E-state index contributed by atoms with van der Waals surface area (Å²) in [5.74, 6) is 0.358. The Bertz CT molecular complexity index is 421. The highest BCUT2D eigenvalue weighted by atomic mass is 16.5. The number of ether oxygens (including phenoxy) is 1. The van der Waals surface area contributed by atoms with Crippen LogP contribution in [0.25, 0.3) is 0 Å². The van der Waals surface area contributed by atoms with Crippen LogP contribution in [0.4, 0.5) is 0 Å². The quantitative estimate of drug-likeness (QED) is 0.768. The Kier molecular flexibility index (Phi) is 6.41. The second-order valence-electron chi connectivity index (χ2n) is 7.03. The summed E-state index contributed by atoms with van der Waals surface area (Å²) in [6.07, 6.45) is 3.42. The van der Waals surface area contributed by atoms with Crippen LogP contribution in [0.15, 0.2) is 0 Å². The molecule has 2 fully saturated rings. The molecule has 132 valence electrons. The lowest BCUT2D eigenvalue weighted by Crippen LogP contribution is -2.49. The van der Waals surface area contributed by atoms with E-state index in [1.807, 2.05) is 16.8 Å². The van der Waals surface area contributed by atoms with Crippen LogP contribution in [0.3, 0.4) is 0 Å². The molecule has 6 nitrogen and oxygen atoms in total. The molecule has 0 bridgehead atoms. The van der Waals surface area contributed by atoms with E-state index < -0.39 is 0 Å². The zero-order valence-corrected chi connectivity index (χ0v) is 15.0. The van der Waals surface area contributed by atoms with Crippen LogP contribution in [0.1, 0.15) is 32.6 Å². The molecular formula is C17H31N3O3. The predicted octanol–water partition coefficient (Wildman–Crippen LogP) is 0.813. The highest BCUT2D eigenvalue weighted by Gasteiger charge is 2.34. The first-order valence-corrected chi connectivity index (χ1v) is 8.65. The molecule has 2 heterocycles. The van der Waals surface area contributed by atoms with E-state index in [0.29, 0.717) is 19.0 Å². The lowest BCUT2D eigenvalue weighted by atomic mass is 9.90. The third kappa shape index (κ3) is 4.67. The third-order valence-electron chi connectivity index (χ3n) is 5.48. The van der Waals surface area contributed by atoms with E-state index in [4.69, 9.17) is 4.74 Å². The Morgan fingerprint density at radius 3 is 2.39 bits per heavy atom. The van der Waals surface area contributed by atoms with Crippen molar-refractivity contribution in [3.63, 3.8) is 0 Å². The highest BCUT2D eigenvalue weighted by Crippen LogP contribution is 2.25. The number of amides is 2. The monoisotopic (exact) mass is 325 g/mol. The van der Waals surface area contributed by atoms with Crippen LogP contribution in [0.2, 0.25) is 0 Å². The summed E-state index contributed by atoms with van der Waals surface area (Å²) >= 11 is 0. The minimum atomic E-state index is 0.0699. The Morgan fingerprint density at radius 2 is 1.83 bits per heavy atom. The molecule has 2 aliphatic heterocycles. The molecule has 0 radical (unpaired) electrons. The molecular weight excluding hydrogens is 294 g/mol. The second kappa shape index (κ2) is 8.11. The van der Waals surface area contributed by atoms with Gasteiger partial charge in [0.15, 0.2) is 0 Å². The van der Waals surface area contributed by atoms with Gasteiger partial charge in [-0.05, 0) is 39.4 Å². The summed E-state index contributed by atoms with van der Waals surface area (Å²) in [7, 11) is 5.75. The maximum absolute atomic E-state index is 12.7. The van der Waals surface area contributed by atoms with Crippen LogP contribution in [0, 0.1) is 5.92 Å². The van der Waals surface area contributed by atoms with Crippen molar-refractivity contribution in [1.29, 1.82) is 0 Å². The lowest BCUT2D eigenvalue weighted by molar-refractivity contribution is -0.140. The van der Waals surface area contributed by atoms with Gasteiger partial charge in [-0.3, -0.25) is 9.59 Å². The summed E-state index contributed by atoms with van der Waals surface area (Å²) in [6, 6.07) is 0.340. The van der Waals surface area contributed by atoms with E-state index in [9.17, 15) is 9.59 Å². The van der Waals surface area contributed by atoms with Crippen molar-refractivity contribution in [2.24, 2.45) is 5.92 Å². The molecule has 2 amide bonds. The smallest absolute Gasteiger partial charge is 0.223 e. The van der Waals surface area contributed by atoms with Gasteiger partial charge in [0.2, 0.25) is 11.8 Å². The van der Waals surface area contributed by atoms with Gasteiger partial charge in [0.05, 0.1) is 6.10 Å². The van der Waals surface area contributed by atoms with Gasteiger partial charge in [-0.1, -0.05) is 0 Å². The van der Waals surface area contributed by atoms with Crippen molar-refractivity contribution in [3.05, 3.63) is 0 Å². The maximum atomic E-state index is 12.7. The Balaban J connectivity index is 1.92. The van der Waals surface area contributed by atoms with Gasteiger partial charge in [0.25, 0.3) is 0 Å². The van der Waals surface area contributed by atoms with Crippen molar-refractivity contribution in [2.45, 2.75) is 44.8 Å². The summed E-state index contributed by atoms with van der Waals surface area (Å²) in [5, 5.41) is 0. The minimum Gasteiger partial charge on any atom is -0.381 e. The molecule has 23 heavy (non-hydrogen) atoms. The summed E-state index contributed by atoms with van der Waals surface area (Å²) < 4.78 is 5.56. The summed E-state index contributed by atoms with van der Waals surface area (Å²) in [4.78, 5) is 30.4. The number of likely N-dealkylation sites (tertiary alicyclic amines) is 2. The number of hydrogen-bond acceptors (Lipinski definition) is 4. The molecule has 0 spiro atoms. The van der Waals surface area contributed by atoms with E-state index in [-0.39, 0.29) is 23.8 Å². The van der Waals surface area contributed by atoms with Crippen LogP contribution in [0.5, 0.6) is 0 Å². The first-order valence-electron chi connectivity index (χ1n) is 8.65. The third-order valence-corrected chi connectivity index (χ3v) is 5.48. The predicted molar refractivity (Wildman–Crippen MR) is 89.1 cm³/mol. The number of rotatable bonds is 4. The molecule has 0 aromatic heterocycles. The Morgan fingerprint density at radius 1 is 1.17 bits per heavy atom. The van der Waals surface area contributed by atoms with Gasteiger partial charge in [-0.25, -0.2) is 0 Å². The number of methoxy groups -OCH3 is 1. The molecule has 0 unspecified atom stereocenters. The van der Waals surface area contributed by atoms with Gasteiger partial charge in [-0.2, -0.15) is 0 Å². The Labute approximate surface area is 139 Å². The first-order chi connectivity index (χ1) is 10.9. The standard InChI is InChI=1S/C17H31N3O3/c1-13(21)20-10-7-16(23-4)14(12-20)11-17(22)19(3)15-5-8-18(2)9-6-15/h14-16H,5-12H2,1-4H3/t14-,16-/m1/s1. The Hall–Kier alpha value is -1.14. The SMILES string of the molecule is CO[C@@H]1CCN(C(C)=O)C[C@H]1CC(=O)N(C)C1CCN(C)CC1. The van der Waals surface area contributed by atoms with Crippen molar-refractivity contribution in [2.75, 3.05) is 47.4 Å². The molecule has 0 saturated carbocycles. The van der Waals surface area contributed by atoms with Crippen LogP contribution in [-0.4, -0.2) is 86.0 Å². The van der Waals surface area contributed by atoms with Gasteiger partial charge in [0, 0.05) is 52.6 Å². The van der Waals surface area contributed by atoms with Gasteiger partial charge in [0.1, 0.15) is 0 Å². The first kappa shape index (κ1) is 18.2. The highest BCUT2D eigenvalue weighted by molar-refractivity contribution is 5.77. The summed E-state index contributed by atoms with van der Waals surface area (Å²) in [6.45, 7) is 5.04. The van der Waals surface area contributed by atoms with Crippen molar-refractivity contribution in [3.8, 4) is 0 Å². The number of carbonyl (C=O) groups excluding carboxylic acids is 2. The number of carbonyl (C=O) groups is 2. The number of piperidine rings is 2. The molecule has 2 atom stereocenters. The molecule has 0 aliphatic carbocycles. The van der Waals surface area contributed by atoms with Gasteiger partial charge in [-0.15, -0.1) is 0 Å². The van der Waals surface area contributed by atoms with Crippen molar-refractivity contribution >= 4 is 11.8 Å². The average molecular weight is 325 g/mol. The fourth-order valence-electron chi connectivity index (χ4n) is 3.76. The zero-order chi connectivity index (χ0) is 17.0. The van der Waals surface area contributed by atoms with E-state index in [0.717, 1.165) is 38.9 Å². The molecule has 2 saturated heterocycles. The minimum absolute atomic E-state index is 0.0699. The average Bonchev–Trinajstić information content (AvgIpc) is 2.54. The molecule has 2 aliphatic rings. The lowest BCUT2D eigenvalue weighted by Gasteiger charge is -2.39. The van der Waals surface area contributed by atoms with Crippen molar-refractivity contribution in [1.82, 2.24) is 14.7 Å². The zero-order valence-electron chi connectivity index (χ0n) is 15.0. The van der Waals surface area contributed by atoms with Crippen LogP contribution < -0.4 is 0 Å². The van der Waals surface area contributed by atoms with E-state index in [2.05, 4.69) is 11.9 Å². The van der Waals surface area contributed by atoms with Crippen LogP contribution >= 0.6 is 0 Å².